The Hall–Kier alpha value is -1.13. The highest BCUT2D eigenvalue weighted by molar-refractivity contribution is 6.31. The van der Waals surface area contributed by atoms with Gasteiger partial charge in [0.1, 0.15) is 11.9 Å². The fourth-order valence-corrected chi connectivity index (χ4v) is 1.22. The van der Waals surface area contributed by atoms with E-state index in [1.807, 2.05) is 0 Å². The van der Waals surface area contributed by atoms with E-state index in [1.54, 1.807) is 0 Å². The molecule has 5 heteroatoms. The van der Waals surface area contributed by atoms with Crippen molar-refractivity contribution in [1.82, 2.24) is 0 Å². The van der Waals surface area contributed by atoms with Crippen molar-refractivity contribution in [2.45, 2.75) is 12.5 Å². The SMILES string of the molecule is NC(Cc1cc(F)ccc1Cl)C(=O)O. The molecule has 0 saturated carbocycles. The zero-order valence-corrected chi connectivity index (χ0v) is 7.96. The van der Waals surface area contributed by atoms with Crippen molar-refractivity contribution in [3.63, 3.8) is 0 Å². The fraction of sp³-hybridized carbons (Fsp3) is 0.222. The maximum atomic E-state index is 12.8. The monoisotopic (exact) mass is 217 g/mol. The molecule has 0 saturated heterocycles. The van der Waals surface area contributed by atoms with Gasteiger partial charge in [0.25, 0.3) is 0 Å². The zero-order valence-electron chi connectivity index (χ0n) is 7.21. The molecule has 0 bridgehead atoms. The third kappa shape index (κ3) is 2.68. The Balaban J connectivity index is 2.85. The number of hydrogen-bond donors (Lipinski definition) is 2. The van der Waals surface area contributed by atoms with Crippen molar-refractivity contribution in [1.29, 1.82) is 0 Å². The van der Waals surface area contributed by atoms with Gasteiger partial charge in [-0.25, -0.2) is 4.39 Å². The summed E-state index contributed by atoms with van der Waals surface area (Å²) in [6.07, 6.45) is 0.0198. The van der Waals surface area contributed by atoms with E-state index in [-0.39, 0.29) is 6.42 Å². The van der Waals surface area contributed by atoms with Crippen molar-refractivity contribution in [3.8, 4) is 0 Å². The van der Waals surface area contributed by atoms with Crippen molar-refractivity contribution >= 4 is 17.6 Å². The number of carboxylic acids is 1. The topological polar surface area (TPSA) is 63.3 Å². The van der Waals surface area contributed by atoms with Crippen molar-refractivity contribution < 1.29 is 14.3 Å². The third-order valence-corrected chi connectivity index (χ3v) is 2.13. The summed E-state index contributed by atoms with van der Waals surface area (Å²) in [5.41, 5.74) is 5.69. The predicted octanol–water partition coefficient (Wildman–Crippen LogP) is 1.43. The number of hydrogen-bond acceptors (Lipinski definition) is 2. The molecule has 0 aliphatic rings. The Morgan fingerprint density at radius 2 is 2.29 bits per heavy atom. The van der Waals surface area contributed by atoms with Gasteiger partial charge in [0, 0.05) is 5.02 Å². The fourth-order valence-electron chi connectivity index (χ4n) is 1.02. The molecule has 0 amide bonds. The molecule has 1 aromatic carbocycles. The summed E-state index contributed by atoms with van der Waals surface area (Å²) in [5.74, 6) is -1.59. The van der Waals surface area contributed by atoms with Crippen LogP contribution in [0.4, 0.5) is 4.39 Å². The molecule has 1 atom stereocenters. The molecule has 0 radical (unpaired) electrons. The van der Waals surface area contributed by atoms with Crippen LogP contribution in [0.15, 0.2) is 18.2 Å². The minimum absolute atomic E-state index is 0.0198. The summed E-state index contributed by atoms with van der Waals surface area (Å²) in [4.78, 5) is 10.4. The number of rotatable bonds is 3. The lowest BCUT2D eigenvalue weighted by atomic mass is 10.1. The maximum absolute atomic E-state index is 12.8. The largest absolute Gasteiger partial charge is 0.480 e. The molecular weight excluding hydrogens is 209 g/mol. The first-order chi connectivity index (χ1) is 6.50. The highest BCUT2D eigenvalue weighted by atomic mass is 35.5. The highest BCUT2D eigenvalue weighted by Crippen LogP contribution is 2.18. The summed E-state index contributed by atoms with van der Waals surface area (Å²) in [6.45, 7) is 0. The van der Waals surface area contributed by atoms with Crippen LogP contribution >= 0.6 is 11.6 Å². The lowest BCUT2D eigenvalue weighted by Gasteiger charge is -2.07. The van der Waals surface area contributed by atoms with Crippen LogP contribution in [0.5, 0.6) is 0 Å². The second-order valence-corrected chi connectivity index (χ2v) is 3.29. The van der Waals surface area contributed by atoms with E-state index in [0.29, 0.717) is 10.6 Å². The van der Waals surface area contributed by atoms with Crippen LogP contribution in [0.25, 0.3) is 0 Å². The number of halogens is 2. The Kier molecular flexibility index (Phi) is 3.43. The lowest BCUT2D eigenvalue weighted by molar-refractivity contribution is -0.138. The van der Waals surface area contributed by atoms with Gasteiger partial charge >= 0.3 is 5.97 Å². The van der Waals surface area contributed by atoms with Gasteiger partial charge < -0.3 is 10.8 Å². The van der Waals surface area contributed by atoms with E-state index >= 15 is 0 Å². The molecule has 0 aromatic heterocycles. The van der Waals surface area contributed by atoms with E-state index < -0.39 is 17.8 Å². The minimum atomic E-state index is -1.13. The second-order valence-electron chi connectivity index (χ2n) is 2.88. The van der Waals surface area contributed by atoms with Gasteiger partial charge in [-0.15, -0.1) is 0 Å². The van der Waals surface area contributed by atoms with Gasteiger partial charge in [0.2, 0.25) is 0 Å². The Labute approximate surface area is 85.3 Å². The lowest BCUT2D eigenvalue weighted by Crippen LogP contribution is -2.32. The van der Waals surface area contributed by atoms with E-state index in [2.05, 4.69) is 0 Å². The van der Waals surface area contributed by atoms with E-state index in [0.717, 1.165) is 0 Å². The molecule has 0 aliphatic carbocycles. The van der Waals surface area contributed by atoms with E-state index in [9.17, 15) is 9.18 Å². The van der Waals surface area contributed by atoms with Crippen molar-refractivity contribution in [3.05, 3.63) is 34.6 Å². The van der Waals surface area contributed by atoms with Crippen molar-refractivity contribution in [2.24, 2.45) is 5.73 Å². The normalized spacial score (nSPS) is 12.5. The van der Waals surface area contributed by atoms with Gasteiger partial charge in [-0.1, -0.05) is 11.6 Å². The summed E-state index contributed by atoms with van der Waals surface area (Å²) >= 11 is 5.73. The van der Waals surface area contributed by atoms with Crippen molar-refractivity contribution in [2.75, 3.05) is 0 Å². The number of carboxylic acid groups (broad SMARTS) is 1. The summed E-state index contributed by atoms with van der Waals surface area (Å²) in [7, 11) is 0. The zero-order chi connectivity index (χ0) is 10.7. The van der Waals surface area contributed by atoms with Crippen LogP contribution in [-0.2, 0) is 11.2 Å². The van der Waals surface area contributed by atoms with Crippen LogP contribution in [0.3, 0.4) is 0 Å². The molecule has 0 fully saturated rings. The third-order valence-electron chi connectivity index (χ3n) is 1.76. The number of aliphatic carboxylic acids is 1. The smallest absolute Gasteiger partial charge is 0.320 e. The average molecular weight is 218 g/mol. The Bertz CT molecular complexity index is 357. The molecule has 76 valence electrons. The minimum Gasteiger partial charge on any atom is -0.480 e. The van der Waals surface area contributed by atoms with Gasteiger partial charge in [-0.2, -0.15) is 0 Å². The standard InChI is InChI=1S/C9H9ClFNO2/c10-7-2-1-6(11)3-5(7)4-8(12)9(13)14/h1-3,8H,4,12H2,(H,13,14). The Morgan fingerprint density at radius 1 is 1.64 bits per heavy atom. The van der Waals surface area contributed by atoms with Crippen LogP contribution in [-0.4, -0.2) is 17.1 Å². The average Bonchev–Trinajstić information content (AvgIpc) is 2.11. The van der Waals surface area contributed by atoms with E-state index in [1.165, 1.54) is 18.2 Å². The predicted molar refractivity (Wildman–Crippen MR) is 50.7 cm³/mol. The van der Waals surface area contributed by atoms with Crippen LogP contribution in [0.1, 0.15) is 5.56 Å². The van der Waals surface area contributed by atoms with Gasteiger partial charge in [-0.05, 0) is 30.2 Å². The molecule has 14 heavy (non-hydrogen) atoms. The first-order valence-electron chi connectivity index (χ1n) is 3.93. The first-order valence-corrected chi connectivity index (χ1v) is 4.31. The first kappa shape index (κ1) is 10.9. The van der Waals surface area contributed by atoms with Crippen LogP contribution < -0.4 is 5.73 Å². The molecule has 0 aliphatic heterocycles. The van der Waals surface area contributed by atoms with Gasteiger partial charge in [0.05, 0.1) is 0 Å². The summed E-state index contributed by atoms with van der Waals surface area (Å²) < 4.78 is 12.8. The number of benzene rings is 1. The molecule has 3 N–H and O–H groups in total. The molecule has 0 spiro atoms. The highest BCUT2D eigenvalue weighted by Gasteiger charge is 2.14. The van der Waals surface area contributed by atoms with E-state index in [4.69, 9.17) is 22.4 Å². The quantitative estimate of drug-likeness (QED) is 0.805. The number of nitrogens with two attached hydrogens (primary N) is 1. The molecule has 0 heterocycles. The molecule has 1 unspecified atom stereocenters. The molecule has 1 aromatic rings. The van der Waals surface area contributed by atoms with Gasteiger partial charge in [-0.3, -0.25) is 4.79 Å². The molecular formula is C9H9ClFNO2. The van der Waals surface area contributed by atoms with Gasteiger partial charge in [0.15, 0.2) is 0 Å². The molecule has 1 rings (SSSR count). The summed E-state index contributed by atoms with van der Waals surface area (Å²) in [6, 6.07) is 2.71. The number of carbonyl (C=O) groups is 1. The second kappa shape index (κ2) is 4.39. The maximum Gasteiger partial charge on any atom is 0.320 e. The summed E-state index contributed by atoms with van der Waals surface area (Å²) in [5, 5.41) is 8.86. The Morgan fingerprint density at radius 3 is 2.86 bits per heavy atom. The van der Waals surface area contributed by atoms with Crippen LogP contribution in [0.2, 0.25) is 5.02 Å². The molecule has 3 nitrogen and oxygen atoms in total. The van der Waals surface area contributed by atoms with Crippen LogP contribution in [0, 0.1) is 5.82 Å².